The Kier molecular flexibility index (Phi) is 8.03. The Balaban J connectivity index is 2.13. The van der Waals surface area contributed by atoms with Crippen LogP contribution in [0.3, 0.4) is 0 Å². The van der Waals surface area contributed by atoms with Crippen LogP contribution in [0.25, 0.3) is 6.08 Å². The fourth-order valence-corrected chi connectivity index (χ4v) is 2.70. The summed E-state index contributed by atoms with van der Waals surface area (Å²) in [6.07, 6.45) is 3.69. The summed E-state index contributed by atoms with van der Waals surface area (Å²) in [5.74, 6) is -0.531. The van der Waals surface area contributed by atoms with Crippen LogP contribution in [0, 0.1) is 5.82 Å². The van der Waals surface area contributed by atoms with Crippen molar-refractivity contribution in [3.8, 4) is 11.5 Å². The topological polar surface area (TPSA) is 76.7 Å². The van der Waals surface area contributed by atoms with Gasteiger partial charge in [-0.3, -0.25) is 9.59 Å². The lowest BCUT2D eigenvalue weighted by Gasteiger charge is -2.12. The first kappa shape index (κ1) is 22.2. The maximum atomic E-state index is 13.7. The average molecular weight is 421 g/mol. The number of halogens is 2. The summed E-state index contributed by atoms with van der Waals surface area (Å²) in [6.45, 7) is 3.76. The van der Waals surface area contributed by atoms with Gasteiger partial charge in [-0.05, 0) is 48.4 Å². The molecule has 2 N–H and O–H groups in total. The predicted octanol–water partition coefficient (Wildman–Crippen LogP) is 4.89. The highest BCUT2D eigenvalue weighted by atomic mass is 35.5. The van der Waals surface area contributed by atoms with Gasteiger partial charge in [-0.25, -0.2) is 4.39 Å². The molecule has 2 amide bonds. The van der Waals surface area contributed by atoms with Gasteiger partial charge in [0, 0.05) is 18.7 Å². The quantitative estimate of drug-likeness (QED) is 0.596. The number of benzene rings is 2. The molecule has 0 fully saturated rings. The highest BCUT2D eigenvalue weighted by molar-refractivity contribution is 6.32. The molecule has 0 unspecified atom stereocenters. The van der Waals surface area contributed by atoms with Crippen LogP contribution in [-0.2, 0) is 9.59 Å². The van der Waals surface area contributed by atoms with Gasteiger partial charge in [-0.15, -0.1) is 0 Å². The molecule has 6 nitrogen and oxygen atoms in total. The van der Waals surface area contributed by atoms with E-state index in [1.165, 1.54) is 32.2 Å². The van der Waals surface area contributed by atoms with E-state index in [9.17, 15) is 14.0 Å². The second kappa shape index (κ2) is 10.5. The molecule has 0 aliphatic rings. The Hall–Kier alpha value is -3.06. The van der Waals surface area contributed by atoms with Crippen LogP contribution < -0.4 is 20.1 Å². The number of hydrogen-bond acceptors (Lipinski definition) is 4. The zero-order valence-electron chi connectivity index (χ0n) is 16.3. The van der Waals surface area contributed by atoms with Gasteiger partial charge in [-0.2, -0.15) is 0 Å². The maximum Gasteiger partial charge on any atom is 0.248 e. The van der Waals surface area contributed by atoms with Crippen molar-refractivity contribution >= 4 is 40.9 Å². The van der Waals surface area contributed by atoms with Crippen molar-refractivity contribution < 1.29 is 23.5 Å². The van der Waals surface area contributed by atoms with Gasteiger partial charge in [0.05, 0.1) is 24.4 Å². The molecule has 154 valence electrons. The number of hydrogen-bond donors (Lipinski definition) is 2. The van der Waals surface area contributed by atoms with Crippen LogP contribution in [0.2, 0.25) is 5.02 Å². The Bertz CT molecular complexity index is 931. The minimum Gasteiger partial charge on any atom is -0.493 e. The molecular formula is C21H22ClFN2O4. The molecule has 0 heterocycles. The summed E-state index contributed by atoms with van der Waals surface area (Å²) in [5.41, 5.74) is 0.964. The molecule has 0 spiro atoms. The van der Waals surface area contributed by atoms with Gasteiger partial charge < -0.3 is 20.1 Å². The van der Waals surface area contributed by atoms with E-state index in [0.717, 1.165) is 12.5 Å². The molecule has 0 radical (unpaired) electrons. The molecule has 0 saturated carbocycles. The first-order chi connectivity index (χ1) is 13.8. The molecule has 2 aromatic rings. The monoisotopic (exact) mass is 420 g/mol. The summed E-state index contributed by atoms with van der Waals surface area (Å²) < 4.78 is 24.6. The second-order valence-electron chi connectivity index (χ2n) is 6.08. The Morgan fingerprint density at radius 3 is 2.62 bits per heavy atom. The average Bonchev–Trinajstić information content (AvgIpc) is 2.67. The van der Waals surface area contributed by atoms with E-state index in [1.807, 2.05) is 6.92 Å². The van der Waals surface area contributed by atoms with Gasteiger partial charge in [0.15, 0.2) is 11.5 Å². The number of carbonyl (C=O) groups is 2. The number of methoxy groups -OCH3 is 1. The molecule has 2 aromatic carbocycles. The molecule has 0 aliphatic heterocycles. The largest absolute Gasteiger partial charge is 0.493 e. The number of anilines is 2. The van der Waals surface area contributed by atoms with Crippen molar-refractivity contribution in [3.05, 3.63) is 52.8 Å². The first-order valence-electron chi connectivity index (χ1n) is 8.90. The third kappa shape index (κ3) is 6.50. The highest BCUT2D eigenvalue weighted by Crippen LogP contribution is 2.36. The SMILES string of the molecule is CCCOc1c(Cl)cc(/C=C/C(=O)Nc2ccc(F)c(NC(C)=O)c2)cc1OC. The fraction of sp³-hybridized carbons (Fsp3) is 0.238. The van der Waals surface area contributed by atoms with Gasteiger partial charge >= 0.3 is 0 Å². The third-order valence-electron chi connectivity index (χ3n) is 3.67. The van der Waals surface area contributed by atoms with E-state index >= 15 is 0 Å². The van der Waals surface area contributed by atoms with E-state index in [0.29, 0.717) is 34.4 Å². The molecule has 0 bridgehead atoms. The lowest BCUT2D eigenvalue weighted by Crippen LogP contribution is -2.10. The summed E-state index contributed by atoms with van der Waals surface area (Å²) in [6, 6.07) is 7.25. The number of ether oxygens (including phenoxy) is 2. The molecule has 0 atom stereocenters. The zero-order valence-corrected chi connectivity index (χ0v) is 17.1. The molecule has 2 rings (SSSR count). The van der Waals surface area contributed by atoms with Crippen molar-refractivity contribution in [1.29, 1.82) is 0 Å². The molecule has 8 heteroatoms. The van der Waals surface area contributed by atoms with Crippen LogP contribution in [0.5, 0.6) is 11.5 Å². The van der Waals surface area contributed by atoms with E-state index in [4.69, 9.17) is 21.1 Å². The highest BCUT2D eigenvalue weighted by Gasteiger charge is 2.11. The van der Waals surface area contributed by atoms with Crippen LogP contribution >= 0.6 is 11.6 Å². The van der Waals surface area contributed by atoms with E-state index in [2.05, 4.69) is 10.6 Å². The smallest absolute Gasteiger partial charge is 0.248 e. The Morgan fingerprint density at radius 1 is 1.21 bits per heavy atom. The molecular weight excluding hydrogens is 399 g/mol. The molecule has 29 heavy (non-hydrogen) atoms. The van der Waals surface area contributed by atoms with E-state index < -0.39 is 17.6 Å². The number of rotatable bonds is 8. The summed E-state index contributed by atoms with van der Waals surface area (Å²) >= 11 is 6.26. The van der Waals surface area contributed by atoms with E-state index in [1.54, 1.807) is 18.2 Å². The standard InChI is InChI=1S/C21H22ClFN2O4/c1-4-9-29-21-16(22)10-14(11-19(21)28-3)5-8-20(27)25-15-6-7-17(23)18(12-15)24-13(2)26/h5-8,10-12H,4,9H2,1-3H3,(H,24,26)(H,25,27)/b8-5+. The summed E-state index contributed by atoms with van der Waals surface area (Å²) in [7, 11) is 1.51. The molecule has 0 aromatic heterocycles. The number of amides is 2. The van der Waals surface area contributed by atoms with Crippen molar-refractivity contribution in [2.75, 3.05) is 24.4 Å². The summed E-state index contributed by atoms with van der Waals surface area (Å²) in [4.78, 5) is 23.3. The van der Waals surface area contributed by atoms with Crippen molar-refractivity contribution in [1.82, 2.24) is 0 Å². The lowest BCUT2D eigenvalue weighted by molar-refractivity contribution is -0.114. The fourth-order valence-electron chi connectivity index (χ4n) is 2.42. The second-order valence-corrected chi connectivity index (χ2v) is 6.49. The van der Waals surface area contributed by atoms with Crippen LogP contribution in [-0.4, -0.2) is 25.5 Å². The summed E-state index contributed by atoms with van der Waals surface area (Å²) in [5, 5.41) is 5.33. The van der Waals surface area contributed by atoms with Crippen molar-refractivity contribution in [3.63, 3.8) is 0 Å². The maximum absolute atomic E-state index is 13.7. The zero-order chi connectivity index (χ0) is 21.4. The lowest BCUT2D eigenvalue weighted by atomic mass is 10.2. The number of nitrogens with one attached hydrogen (secondary N) is 2. The van der Waals surface area contributed by atoms with Crippen LogP contribution in [0.4, 0.5) is 15.8 Å². The Labute approximate surface area is 173 Å². The Morgan fingerprint density at radius 2 is 1.97 bits per heavy atom. The molecule has 0 saturated heterocycles. The van der Waals surface area contributed by atoms with Crippen molar-refractivity contribution in [2.24, 2.45) is 0 Å². The van der Waals surface area contributed by atoms with Gasteiger partial charge in [0.1, 0.15) is 5.82 Å². The number of carbonyl (C=O) groups excluding carboxylic acids is 2. The first-order valence-corrected chi connectivity index (χ1v) is 9.28. The van der Waals surface area contributed by atoms with Crippen molar-refractivity contribution in [2.45, 2.75) is 20.3 Å². The normalized spacial score (nSPS) is 10.7. The van der Waals surface area contributed by atoms with Gasteiger partial charge in [-0.1, -0.05) is 18.5 Å². The van der Waals surface area contributed by atoms with E-state index in [-0.39, 0.29) is 5.69 Å². The van der Waals surface area contributed by atoms with Gasteiger partial charge in [0.2, 0.25) is 11.8 Å². The van der Waals surface area contributed by atoms with Gasteiger partial charge in [0.25, 0.3) is 0 Å². The third-order valence-corrected chi connectivity index (χ3v) is 3.95. The minimum absolute atomic E-state index is 0.0153. The predicted molar refractivity (Wildman–Crippen MR) is 112 cm³/mol. The minimum atomic E-state index is -0.596. The molecule has 0 aliphatic carbocycles. The van der Waals surface area contributed by atoms with Crippen LogP contribution in [0.15, 0.2) is 36.4 Å². The van der Waals surface area contributed by atoms with Crippen LogP contribution in [0.1, 0.15) is 25.8 Å².